The van der Waals surface area contributed by atoms with Gasteiger partial charge in [0.25, 0.3) is 5.91 Å². The molecule has 34 heavy (non-hydrogen) atoms. The molecule has 6 nitrogen and oxygen atoms in total. The second-order valence-corrected chi connectivity index (χ2v) is 8.83. The summed E-state index contributed by atoms with van der Waals surface area (Å²) in [4.78, 5) is 27.3. The van der Waals surface area contributed by atoms with Crippen LogP contribution in [0.3, 0.4) is 0 Å². The summed E-state index contributed by atoms with van der Waals surface area (Å²) in [5.74, 6) is -0.729. The zero-order chi connectivity index (χ0) is 24.7. The third-order valence-electron chi connectivity index (χ3n) is 6.36. The van der Waals surface area contributed by atoms with Gasteiger partial charge in [0.15, 0.2) is 5.11 Å². The van der Waals surface area contributed by atoms with Gasteiger partial charge in [-0.1, -0.05) is 12.1 Å². The number of nitrogens with zero attached hydrogens (tertiary/aromatic N) is 3. The number of hydrogen-bond acceptors (Lipinski definition) is 4. The number of alkyl halides is 3. The molecule has 1 saturated carbocycles. The lowest BCUT2D eigenvalue weighted by Gasteiger charge is -2.43. The first-order chi connectivity index (χ1) is 16.1. The van der Waals surface area contributed by atoms with Crippen LogP contribution in [0.25, 0.3) is 0 Å². The Morgan fingerprint density at radius 3 is 2.32 bits per heavy atom. The summed E-state index contributed by atoms with van der Waals surface area (Å²) < 4.78 is 40.5. The van der Waals surface area contributed by atoms with E-state index in [1.54, 1.807) is 11.0 Å². The molecule has 0 radical (unpaired) electrons. The van der Waals surface area contributed by atoms with Crippen LogP contribution in [0, 0.1) is 11.3 Å². The minimum Gasteiger partial charge on any atom is -0.370 e. The fraction of sp³-hybridized carbons (Fsp3) is 0.333. The highest BCUT2D eigenvalue weighted by Gasteiger charge is 2.59. The largest absolute Gasteiger partial charge is 0.417 e. The van der Waals surface area contributed by atoms with E-state index in [0.29, 0.717) is 31.4 Å². The third-order valence-corrected chi connectivity index (χ3v) is 6.73. The van der Waals surface area contributed by atoms with Crippen molar-refractivity contribution in [1.82, 2.24) is 0 Å². The number of anilines is 2. The third kappa shape index (κ3) is 4.01. The summed E-state index contributed by atoms with van der Waals surface area (Å²) in [6.45, 7) is 0. The first-order valence-corrected chi connectivity index (χ1v) is 11.2. The van der Waals surface area contributed by atoms with E-state index in [0.717, 1.165) is 29.0 Å². The first kappa shape index (κ1) is 23.7. The standard InChI is InChI=1S/C24H21F3N4O2S/c25-24(26,27)19-13-18(10-7-16(19)14-28)30-21(33)23(11-2-12-23)31(22(30)34)17-8-5-15(6-9-17)3-1-4-20(29)32/h5-10,13H,1-4,11-12H2,(H2,29,32). The fourth-order valence-electron chi connectivity index (χ4n) is 4.49. The molecule has 0 aromatic heterocycles. The maximum atomic E-state index is 13.5. The van der Waals surface area contributed by atoms with Crippen LogP contribution in [-0.2, 0) is 22.2 Å². The number of aryl methyl sites for hydroxylation is 1. The minimum atomic E-state index is -4.75. The van der Waals surface area contributed by atoms with Crippen molar-refractivity contribution in [2.75, 3.05) is 9.80 Å². The molecule has 1 aliphatic heterocycles. The minimum absolute atomic E-state index is 0.0156. The van der Waals surface area contributed by atoms with Gasteiger partial charge in [-0.2, -0.15) is 18.4 Å². The predicted octanol–water partition coefficient (Wildman–Crippen LogP) is 4.45. The molecule has 4 rings (SSSR count). The van der Waals surface area contributed by atoms with Crippen LogP contribution in [0.5, 0.6) is 0 Å². The van der Waals surface area contributed by atoms with Gasteiger partial charge < -0.3 is 10.6 Å². The van der Waals surface area contributed by atoms with E-state index < -0.39 is 22.8 Å². The monoisotopic (exact) mass is 486 g/mol. The van der Waals surface area contributed by atoms with Crippen molar-refractivity contribution in [3.8, 4) is 6.07 Å². The van der Waals surface area contributed by atoms with E-state index in [9.17, 15) is 22.8 Å². The lowest BCUT2D eigenvalue weighted by molar-refractivity contribution is -0.137. The number of carbonyl (C=O) groups is 2. The van der Waals surface area contributed by atoms with Crippen LogP contribution < -0.4 is 15.5 Å². The van der Waals surface area contributed by atoms with Crippen LogP contribution >= 0.6 is 12.2 Å². The molecule has 2 amide bonds. The lowest BCUT2D eigenvalue weighted by atomic mass is 9.75. The summed E-state index contributed by atoms with van der Waals surface area (Å²) in [6, 6.07) is 12.1. The predicted molar refractivity (Wildman–Crippen MR) is 124 cm³/mol. The Morgan fingerprint density at radius 1 is 1.15 bits per heavy atom. The summed E-state index contributed by atoms with van der Waals surface area (Å²) in [5.41, 5.74) is 4.26. The number of halogens is 3. The van der Waals surface area contributed by atoms with E-state index in [1.807, 2.05) is 24.3 Å². The number of benzene rings is 2. The second kappa shape index (κ2) is 8.72. The molecule has 0 unspecified atom stereocenters. The molecular weight excluding hydrogens is 465 g/mol. The molecule has 2 aromatic rings. The van der Waals surface area contributed by atoms with Crippen molar-refractivity contribution in [2.24, 2.45) is 5.73 Å². The van der Waals surface area contributed by atoms with Gasteiger partial charge >= 0.3 is 6.18 Å². The van der Waals surface area contributed by atoms with E-state index in [1.165, 1.54) is 6.07 Å². The van der Waals surface area contributed by atoms with Crippen molar-refractivity contribution in [2.45, 2.75) is 50.2 Å². The zero-order valence-corrected chi connectivity index (χ0v) is 18.9. The number of primary amides is 1. The van der Waals surface area contributed by atoms with Gasteiger partial charge in [-0.05, 0) is 80.2 Å². The van der Waals surface area contributed by atoms with Crippen molar-refractivity contribution >= 4 is 40.5 Å². The summed E-state index contributed by atoms with van der Waals surface area (Å²) in [5, 5.41) is 9.18. The average molecular weight is 487 g/mol. The Labute approximate surface area is 199 Å². The highest BCUT2D eigenvalue weighted by atomic mass is 32.1. The van der Waals surface area contributed by atoms with Crippen LogP contribution in [0.1, 0.15) is 48.8 Å². The molecule has 2 fully saturated rings. The van der Waals surface area contributed by atoms with Crippen LogP contribution in [-0.4, -0.2) is 22.5 Å². The lowest BCUT2D eigenvalue weighted by Crippen LogP contribution is -2.55. The molecule has 1 spiro atoms. The number of nitrogens with two attached hydrogens (primary N) is 1. The maximum Gasteiger partial charge on any atom is 0.417 e. The molecule has 0 bridgehead atoms. The quantitative estimate of drug-likeness (QED) is 0.610. The Balaban J connectivity index is 1.67. The van der Waals surface area contributed by atoms with Gasteiger partial charge in [-0.3, -0.25) is 14.5 Å². The number of thiocarbonyl (C=S) groups is 1. The summed E-state index contributed by atoms with van der Waals surface area (Å²) in [7, 11) is 0. The average Bonchev–Trinajstić information content (AvgIpc) is 3.00. The van der Waals surface area contributed by atoms with Gasteiger partial charge in [0.2, 0.25) is 5.91 Å². The van der Waals surface area contributed by atoms with E-state index in [-0.39, 0.29) is 29.0 Å². The summed E-state index contributed by atoms with van der Waals surface area (Å²) in [6.07, 6.45) is -1.32. The highest BCUT2D eigenvalue weighted by molar-refractivity contribution is 7.81. The van der Waals surface area contributed by atoms with Crippen LogP contribution in [0.2, 0.25) is 0 Å². The molecule has 1 saturated heterocycles. The number of nitriles is 1. The topological polar surface area (TPSA) is 90.4 Å². The van der Waals surface area contributed by atoms with E-state index in [4.69, 9.17) is 23.2 Å². The highest BCUT2D eigenvalue weighted by Crippen LogP contribution is 2.48. The Kier molecular flexibility index (Phi) is 6.08. The van der Waals surface area contributed by atoms with Crippen LogP contribution in [0.15, 0.2) is 42.5 Å². The molecule has 2 aromatic carbocycles. The normalized spacial score (nSPS) is 17.1. The first-order valence-electron chi connectivity index (χ1n) is 10.8. The van der Waals surface area contributed by atoms with E-state index in [2.05, 4.69) is 0 Å². The molecule has 1 aliphatic carbocycles. The van der Waals surface area contributed by atoms with Crippen LogP contribution in [0.4, 0.5) is 24.5 Å². The van der Waals surface area contributed by atoms with Gasteiger partial charge in [0.1, 0.15) is 5.54 Å². The van der Waals surface area contributed by atoms with Gasteiger partial charge in [-0.25, -0.2) is 0 Å². The number of amides is 2. The second-order valence-electron chi connectivity index (χ2n) is 8.47. The number of carbonyl (C=O) groups excluding carboxylic acids is 2. The Hall–Kier alpha value is -3.45. The Morgan fingerprint density at radius 2 is 1.79 bits per heavy atom. The zero-order valence-electron chi connectivity index (χ0n) is 18.1. The van der Waals surface area contributed by atoms with E-state index >= 15 is 0 Å². The molecule has 1 heterocycles. The van der Waals surface area contributed by atoms with Crippen molar-refractivity contribution in [1.29, 1.82) is 5.26 Å². The number of hydrogen-bond donors (Lipinski definition) is 1. The molecule has 10 heteroatoms. The SMILES string of the molecule is N#Cc1ccc(N2C(=O)C3(CCC3)N(c3ccc(CCCC(N)=O)cc3)C2=S)cc1C(F)(F)F. The molecular formula is C24H21F3N4O2S. The van der Waals surface area contributed by atoms with Crippen molar-refractivity contribution < 1.29 is 22.8 Å². The molecule has 2 N–H and O–H groups in total. The maximum absolute atomic E-state index is 13.5. The van der Waals surface area contributed by atoms with Gasteiger partial charge in [-0.15, -0.1) is 0 Å². The summed E-state index contributed by atoms with van der Waals surface area (Å²) >= 11 is 5.61. The van der Waals surface area contributed by atoms with Crippen molar-refractivity contribution in [3.63, 3.8) is 0 Å². The van der Waals surface area contributed by atoms with Crippen molar-refractivity contribution in [3.05, 3.63) is 59.2 Å². The van der Waals surface area contributed by atoms with Gasteiger partial charge in [0, 0.05) is 12.1 Å². The molecule has 176 valence electrons. The fourth-order valence-corrected chi connectivity index (χ4v) is 4.96. The molecule has 0 atom stereocenters. The molecule has 2 aliphatic rings. The van der Waals surface area contributed by atoms with Gasteiger partial charge in [0.05, 0.1) is 22.9 Å². The smallest absolute Gasteiger partial charge is 0.370 e. The number of rotatable bonds is 6. The Bertz CT molecular complexity index is 1200.